The van der Waals surface area contributed by atoms with Crippen molar-refractivity contribution in [1.82, 2.24) is 4.98 Å². The smallest absolute Gasteiger partial charge is 0.0804 e. The van der Waals surface area contributed by atoms with Gasteiger partial charge in [-0.1, -0.05) is 24.3 Å². The Kier molecular flexibility index (Phi) is 2.95. The molecular formula is C16H13NS. The Morgan fingerprint density at radius 2 is 2.06 bits per heavy atom. The van der Waals surface area contributed by atoms with Crippen molar-refractivity contribution in [1.29, 1.82) is 0 Å². The highest BCUT2D eigenvalue weighted by molar-refractivity contribution is 7.22. The maximum Gasteiger partial charge on any atom is 0.0804 e. The van der Waals surface area contributed by atoms with Crippen molar-refractivity contribution < 1.29 is 0 Å². The first-order chi connectivity index (χ1) is 8.86. The van der Waals surface area contributed by atoms with Gasteiger partial charge in [0.2, 0.25) is 0 Å². The molecule has 0 unspecified atom stereocenters. The van der Waals surface area contributed by atoms with Gasteiger partial charge < -0.3 is 0 Å². The van der Waals surface area contributed by atoms with Gasteiger partial charge in [0.1, 0.15) is 0 Å². The zero-order valence-corrected chi connectivity index (χ0v) is 10.8. The molecule has 1 nitrogen and oxygen atoms in total. The number of aromatic nitrogens is 1. The number of hydrogen-bond donors (Lipinski definition) is 0. The summed E-state index contributed by atoms with van der Waals surface area (Å²) in [6.45, 7) is 3.78. The highest BCUT2D eigenvalue weighted by atomic mass is 32.1. The summed E-state index contributed by atoms with van der Waals surface area (Å²) >= 11 is 1.79. The van der Waals surface area contributed by atoms with Crippen LogP contribution in [0.2, 0.25) is 0 Å². The Morgan fingerprint density at radius 1 is 1.17 bits per heavy atom. The lowest BCUT2D eigenvalue weighted by Crippen LogP contribution is -1.85. The molecule has 0 aliphatic carbocycles. The summed E-state index contributed by atoms with van der Waals surface area (Å²) in [6.07, 6.45) is 4.68. The summed E-state index contributed by atoms with van der Waals surface area (Å²) in [6, 6.07) is 14.8. The molecule has 0 N–H and O–H groups in total. The summed E-state index contributed by atoms with van der Waals surface area (Å²) in [7, 11) is 0. The van der Waals surface area contributed by atoms with Gasteiger partial charge in [0.25, 0.3) is 0 Å². The van der Waals surface area contributed by atoms with Crippen LogP contribution < -0.4 is 0 Å². The Balaban J connectivity index is 2.08. The van der Waals surface area contributed by atoms with E-state index in [9.17, 15) is 0 Å². The first-order valence-corrected chi connectivity index (χ1v) is 6.73. The van der Waals surface area contributed by atoms with E-state index in [4.69, 9.17) is 0 Å². The zero-order chi connectivity index (χ0) is 12.4. The van der Waals surface area contributed by atoms with Gasteiger partial charge in [-0.05, 0) is 41.6 Å². The summed E-state index contributed by atoms with van der Waals surface area (Å²) in [5.74, 6) is 0. The predicted octanol–water partition coefficient (Wildman–Crippen LogP) is 4.69. The lowest BCUT2D eigenvalue weighted by Gasteiger charge is -1.99. The molecule has 18 heavy (non-hydrogen) atoms. The molecular weight excluding hydrogens is 238 g/mol. The number of pyridine rings is 1. The van der Waals surface area contributed by atoms with Gasteiger partial charge in [0, 0.05) is 10.9 Å². The van der Waals surface area contributed by atoms with Crippen LogP contribution in [-0.2, 0) is 6.42 Å². The Hall–Kier alpha value is -1.93. The van der Waals surface area contributed by atoms with E-state index in [-0.39, 0.29) is 0 Å². The first-order valence-electron chi connectivity index (χ1n) is 5.91. The quantitative estimate of drug-likeness (QED) is 0.615. The third kappa shape index (κ3) is 2.07. The number of fused-ring (bicyclic) bond motifs is 1. The summed E-state index contributed by atoms with van der Waals surface area (Å²) in [4.78, 5) is 5.69. The average molecular weight is 251 g/mol. The van der Waals surface area contributed by atoms with Gasteiger partial charge in [-0.25, -0.2) is 0 Å². The molecule has 1 aromatic carbocycles. The number of thiophene rings is 1. The zero-order valence-electron chi connectivity index (χ0n) is 9.97. The molecule has 0 atom stereocenters. The predicted molar refractivity (Wildman–Crippen MR) is 79.0 cm³/mol. The van der Waals surface area contributed by atoms with Crippen LogP contribution in [-0.4, -0.2) is 4.98 Å². The lowest BCUT2D eigenvalue weighted by molar-refractivity contribution is 1.22. The van der Waals surface area contributed by atoms with Gasteiger partial charge in [-0.2, -0.15) is 0 Å². The number of allylic oxidation sites excluding steroid dienone is 1. The first kappa shape index (κ1) is 11.2. The molecule has 0 saturated carbocycles. The summed E-state index contributed by atoms with van der Waals surface area (Å²) < 4.78 is 1.31. The van der Waals surface area contributed by atoms with Crippen LogP contribution in [0, 0.1) is 0 Å². The average Bonchev–Trinajstić information content (AvgIpc) is 2.83. The van der Waals surface area contributed by atoms with Crippen molar-refractivity contribution in [2.24, 2.45) is 0 Å². The fourth-order valence-corrected chi connectivity index (χ4v) is 3.04. The minimum Gasteiger partial charge on any atom is -0.255 e. The number of hydrogen-bond acceptors (Lipinski definition) is 2. The molecule has 0 saturated heterocycles. The van der Waals surface area contributed by atoms with Gasteiger partial charge in [0.15, 0.2) is 0 Å². The van der Waals surface area contributed by atoms with Gasteiger partial charge in [0.05, 0.1) is 10.6 Å². The molecule has 88 valence electrons. The normalized spacial score (nSPS) is 10.7. The minimum atomic E-state index is 0.889. The van der Waals surface area contributed by atoms with Gasteiger partial charge in [-0.3, -0.25) is 4.98 Å². The maximum absolute atomic E-state index is 4.46. The standard InChI is InChI=1S/C16H13NS/c1-2-5-12-8-9-17-14(10-12)16-11-13-6-3-4-7-15(13)18-16/h2-4,6-11H,1,5H2. The van der Waals surface area contributed by atoms with Crippen LogP contribution in [0.4, 0.5) is 0 Å². The molecule has 2 aromatic heterocycles. The molecule has 3 rings (SSSR count). The SMILES string of the molecule is C=CCc1ccnc(-c2cc3ccccc3s2)c1. The van der Waals surface area contributed by atoms with Crippen molar-refractivity contribution in [2.45, 2.75) is 6.42 Å². The second-order valence-corrected chi connectivity index (χ2v) is 5.27. The molecule has 2 heterocycles. The molecule has 0 aliphatic rings. The number of rotatable bonds is 3. The third-order valence-electron chi connectivity index (χ3n) is 2.88. The molecule has 0 aliphatic heterocycles. The van der Waals surface area contributed by atoms with Crippen molar-refractivity contribution in [3.63, 3.8) is 0 Å². The number of benzene rings is 1. The van der Waals surface area contributed by atoms with Crippen molar-refractivity contribution in [3.8, 4) is 10.6 Å². The molecule has 0 amide bonds. The monoisotopic (exact) mass is 251 g/mol. The largest absolute Gasteiger partial charge is 0.255 e. The van der Waals surface area contributed by atoms with E-state index < -0.39 is 0 Å². The minimum absolute atomic E-state index is 0.889. The van der Waals surface area contributed by atoms with Crippen LogP contribution in [0.5, 0.6) is 0 Å². The van der Waals surface area contributed by atoms with E-state index in [1.165, 1.54) is 20.5 Å². The van der Waals surface area contributed by atoms with Crippen molar-refractivity contribution >= 4 is 21.4 Å². The Bertz CT molecular complexity index is 664. The van der Waals surface area contributed by atoms with Gasteiger partial charge in [-0.15, -0.1) is 17.9 Å². The molecule has 0 bridgehead atoms. The van der Waals surface area contributed by atoms with Crippen molar-refractivity contribution in [2.75, 3.05) is 0 Å². The van der Waals surface area contributed by atoms with Crippen LogP contribution >= 0.6 is 11.3 Å². The van der Waals surface area contributed by atoms with Crippen LogP contribution in [0.1, 0.15) is 5.56 Å². The second kappa shape index (κ2) is 4.75. The van der Waals surface area contributed by atoms with E-state index in [2.05, 4.69) is 48.0 Å². The molecule has 0 radical (unpaired) electrons. The number of nitrogens with zero attached hydrogens (tertiary/aromatic N) is 1. The highest BCUT2D eigenvalue weighted by Gasteiger charge is 2.05. The topological polar surface area (TPSA) is 12.9 Å². The van der Waals surface area contributed by atoms with Crippen LogP contribution in [0.15, 0.2) is 61.3 Å². The van der Waals surface area contributed by atoms with Crippen LogP contribution in [0.3, 0.4) is 0 Å². The van der Waals surface area contributed by atoms with E-state index in [1.807, 2.05) is 18.3 Å². The highest BCUT2D eigenvalue weighted by Crippen LogP contribution is 2.32. The maximum atomic E-state index is 4.46. The Morgan fingerprint density at radius 3 is 2.89 bits per heavy atom. The molecule has 0 spiro atoms. The fraction of sp³-hybridized carbons (Fsp3) is 0.0625. The van der Waals surface area contributed by atoms with E-state index in [1.54, 1.807) is 11.3 Å². The summed E-state index contributed by atoms with van der Waals surface area (Å²) in [5, 5.41) is 1.29. The van der Waals surface area contributed by atoms with Crippen molar-refractivity contribution in [3.05, 3.63) is 66.9 Å². The Labute approximate surface area is 110 Å². The van der Waals surface area contributed by atoms with E-state index >= 15 is 0 Å². The summed E-state index contributed by atoms with van der Waals surface area (Å²) in [5.41, 5.74) is 2.31. The second-order valence-electron chi connectivity index (χ2n) is 4.19. The van der Waals surface area contributed by atoms with E-state index in [0.717, 1.165) is 12.1 Å². The molecule has 2 heteroatoms. The lowest BCUT2D eigenvalue weighted by atomic mass is 10.1. The van der Waals surface area contributed by atoms with E-state index in [0.29, 0.717) is 0 Å². The van der Waals surface area contributed by atoms with Gasteiger partial charge >= 0.3 is 0 Å². The van der Waals surface area contributed by atoms with Crippen LogP contribution in [0.25, 0.3) is 20.7 Å². The fourth-order valence-electron chi connectivity index (χ4n) is 2.01. The molecule has 3 aromatic rings. The third-order valence-corrected chi connectivity index (χ3v) is 4.02. The molecule has 0 fully saturated rings.